The molecule has 0 atom stereocenters. The molecule has 0 fully saturated rings. The Labute approximate surface area is 116 Å². The number of carbonyl (C=O) groups is 1. The summed E-state index contributed by atoms with van der Waals surface area (Å²) in [7, 11) is 0. The molecule has 2 rings (SSSR count). The van der Waals surface area contributed by atoms with E-state index in [0.29, 0.717) is 36.7 Å². The second-order valence-corrected chi connectivity index (χ2v) is 4.66. The van der Waals surface area contributed by atoms with Gasteiger partial charge in [0.2, 0.25) is 0 Å². The van der Waals surface area contributed by atoms with Gasteiger partial charge in [0.05, 0.1) is 5.56 Å². The third kappa shape index (κ3) is 2.90. The molecule has 0 amide bonds. The third-order valence-corrected chi connectivity index (χ3v) is 3.46. The van der Waals surface area contributed by atoms with Crippen molar-refractivity contribution in [1.29, 1.82) is 0 Å². The first-order valence-corrected chi connectivity index (χ1v) is 6.37. The van der Waals surface area contributed by atoms with Crippen LogP contribution in [0.3, 0.4) is 0 Å². The summed E-state index contributed by atoms with van der Waals surface area (Å²) >= 11 is 5.28. The number of aromatic nitrogens is 1. The summed E-state index contributed by atoms with van der Waals surface area (Å²) in [6.07, 6.45) is 5.53. The molecule has 100 valence electrons. The summed E-state index contributed by atoms with van der Waals surface area (Å²) in [4.78, 5) is 17.1. The molecule has 1 aromatic rings. The smallest absolute Gasteiger partial charge is 0.337 e. The zero-order valence-electron chi connectivity index (χ0n) is 10.4. The number of carboxylic acids is 1. The van der Waals surface area contributed by atoms with Gasteiger partial charge in [-0.1, -0.05) is 6.08 Å². The fourth-order valence-corrected chi connectivity index (χ4v) is 2.36. The van der Waals surface area contributed by atoms with E-state index in [1.54, 1.807) is 12.3 Å². The fraction of sp³-hybridized carbons (Fsp3) is 0.308. The molecule has 1 aliphatic heterocycles. The Hall–Kier alpha value is -1.95. The quantitative estimate of drug-likeness (QED) is 0.639. The molecule has 0 aliphatic carbocycles. The highest BCUT2D eigenvalue weighted by molar-refractivity contribution is 7.80. The molecule has 0 spiro atoms. The van der Waals surface area contributed by atoms with Crippen molar-refractivity contribution in [2.45, 2.75) is 13.0 Å². The van der Waals surface area contributed by atoms with Crippen molar-refractivity contribution in [2.24, 2.45) is 0 Å². The van der Waals surface area contributed by atoms with Gasteiger partial charge in [0.1, 0.15) is 0 Å². The second kappa shape index (κ2) is 5.79. The van der Waals surface area contributed by atoms with E-state index in [1.165, 1.54) is 6.20 Å². The maximum absolute atomic E-state index is 11.1. The van der Waals surface area contributed by atoms with Gasteiger partial charge in [-0.2, -0.15) is 0 Å². The lowest BCUT2D eigenvalue weighted by Gasteiger charge is -2.31. The van der Waals surface area contributed by atoms with E-state index in [0.717, 1.165) is 11.1 Å². The van der Waals surface area contributed by atoms with Crippen LogP contribution in [-0.2, 0) is 13.0 Å². The van der Waals surface area contributed by atoms with Gasteiger partial charge in [-0.25, -0.2) is 4.79 Å². The Morgan fingerprint density at radius 1 is 1.63 bits per heavy atom. The van der Waals surface area contributed by atoms with Crippen LogP contribution >= 0.6 is 12.2 Å². The van der Waals surface area contributed by atoms with Gasteiger partial charge in [-0.05, 0) is 29.8 Å². The highest BCUT2D eigenvalue weighted by Crippen LogP contribution is 2.21. The lowest BCUT2D eigenvalue weighted by Crippen LogP contribution is -2.42. The standard InChI is InChI=1S/C13H15N3O2S/c1-2-4-15-13(19)16-5-3-10-9(8-16)6-14-7-11(10)12(17)18/h2,6-7H,1,3-5,8H2,(H,15,19)(H,17,18). The maximum Gasteiger partial charge on any atom is 0.337 e. The molecule has 0 unspecified atom stereocenters. The van der Waals surface area contributed by atoms with Crippen LogP contribution < -0.4 is 5.32 Å². The number of pyridine rings is 1. The molecule has 2 N–H and O–H groups in total. The average Bonchev–Trinajstić information content (AvgIpc) is 2.43. The van der Waals surface area contributed by atoms with Gasteiger partial charge in [0.15, 0.2) is 5.11 Å². The number of carboxylic acid groups (broad SMARTS) is 1. The van der Waals surface area contributed by atoms with Gasteiger partial charge >= 0.3 is 5.97 Å². The fourth-order valence-electron chi connectivity index (χ4n) is 2.12. The van der Waals surface area contributed by atoms with E-state index >= 15 is 0 Å². The van der Waals surface area contributed by atoms with Gasteiger partial charge < -0.3 is 15.3 Å². The number of thiocarbonyl (C=S) groups is 1. The van der Waals surface area contributed by atoms with Crippen LogP contribution in [0.25, 0.3) is 0 Å². The zero-order chi connectivity index (χ0) is 13.8. The second-order valence-electron chi connectivity index (χ2n) is 4.28. The molecule has 5 nitrogen and oxygen atoms in total. The molecule has 0 saturated carbocycles. The summed E-state index contributed by atoms with van der Waals surface area (Å²) in [6.45, 7) is 5.55. The number of nitrogens with one attached hydrogen (secondary N) is 1. The molecular weight excluding hydrogens is 262 g/mol. The Morgan fingerprint density at radius 3 is 3.11 bits per heavy atom. The summed E-state index contributed by atoms with van der Waals surface area (Å²) in [5.74, 6) is -0.926. The van der Waals surface area contributed by atoms with Crippen LogP contribution in [0.5, 0.6) is 0 Å². The first-order chi connectivity index (χ1) is 9.13. The lowest BCUT2D eigenvalue weighted by molar-refractivity contribution is 0.0694. The van der Waals surface area contributed by atoms with Crippen LogP contribution in [0.4, 0.5) is 0 Å². The summed E-state index contributed by atoms with van der Waals surface area (Å²) in [5.41, 5.74) is 2.08. The van der Waals surface area contributed by atoms with Crippen molar-refractivity contribution in [3.8, 4) is 0 Å². The van der Waals surface area contributed by atoms with Crippen LogP contribution in [0, 0.1) is 0 Å². The SMILES string of the molecule is C=CCNC(=S)N1CCc2c(cncc2C(=O)O)C1. The van der Waals surface area contributed by atoms with Gasteiger partial charge in [-0.3, -0.25) is 4.98 Å². The molecule has 0 aromatic carbocycles. The summed E-state index contributed by atoms with van der Waals surface area (Å²) < 4.78 is 0. The van der Waals surface area contributed by atoms with E-state index in [9.17, 15) is 4.79 Å². The molecule has 0 saturated heterocycles. The van der Waals surface area contributed by atoms with E-state index in [-0.39, 0.29) is 0 Å². The van der Waals surface area contributed by atoms with Gasteiger partial charge in [-0.15, -0.1) is 6.58 Å². The van der Waals surface area contributed by atoms with Crippen molar-refractivity contribution in [2.75, 3.05) is 13.1 Å². The minimum Gasteiger partial charge on any atom is -0.478 e. The van der Waals surface area contributed by atoms with Crippen molar-refractivity contribution >= 4 is 23.3 Å². The monoisotopic (exact) mass is 277 g/mol. The lowest BCUT2D eigenvalue weighted by atomic mass is 9.97. The maximum atomic E-state index is 11.1. The van der Waals surface area contributed by atoms with E-state index in [1.807, 2.05) is 4.90 Å². The molecule has 0 bridgehead atoms. The molecule has 0 radical (unpaired) electrons. The first-order valence-electron chi connectivity index (χ1n) is 5.96. The van der Waals surface area contributed by atoms with Crippen LogP contribution in [-0.4, -0.2) is 39.2 Å². The minimum absolute atomic E-state index is 0.294. The normalized spacial score (nSPS) is 13.6. The van der Waals surface area contributed by atoms with Crippen LogP contribution in [0.15, 0.2) is 25.0 Å². The number of aromatic carboxylic acids is 1. The Morgan fingerprint density at radius 2 is 2.42 bits per heavy atom. The first kappa shape index (κ1) is 13.5. The number of rotatable bonds is 3. The van der Waals surface area contributed by atoms with Gasteiger partial charge in [0.25, 0.3) is 0 Å². The Bertz CT molecular complexity index is 531. The Balaban J connectivity index is 2.16. The number of fused-ring (bicyclic) bond motifs is 1. The van der Waals surface area contributed by atoms with Crippen molar-refractivity contribution < 1.29 is 9.90 Å². The molecular formula is C13H15N3O2S. The molecule has 1 aromatic heterocycles. The largest absolute Gasteiger partial charge is 0.478 e. The summed E-state index contributed by atoms with van der Waals surface area (Å²) in [5, 5.41) is 12.9. The van der Waals surface area contributed by atoms with E-state index < -0.39 is 5.97 Å². The zero-order valence-corrected chi connectivity index (χ0v) is 11.2. The van der Waals surface area contributed by atoms with E-state index in [2.05, 4.69) is 16.9 Å². The van der Waals surface area contributed by atoms with Crippen molar-refractivity contribution in [3.05, 3.63) is 41.7 Å². The average molecular weight is 277 g/mol. The predicted octanol–water partition coefficient (Wildman–Crippen LogP) is 1.20. The number of hydrogen-bond acceptors (Lipinski definition) is 3. The van der Waals surface area contributed by atoms with Crippen LogP contribution in [0.1, 0.15) is 21.5 Å². The highest BCUT2D eigenvalue weighted by atomic mass is 32.1. The number of hydrogen-bond donors (Lipinski definition) is 2. The molecule has 1 aliphatic rings. The predicted molar refractivity (Wildman–Crippen MR) is 76.1 cm³/mol. The Kier molecular flexibility index (Phi) is 4.11. The topological polar surface area (TPSA) is 65.5 Å². The third-order valence-electron chi connectivity index (χ3n) is 3.05. The van der Waals surface area contributed by atoms with Crippen LogP contribution in [0.2, 0.25) is 0 Å². The summed E-state index contributed by atoms with van der Waals surface area (Å²) in [6, 6.07) is 0. The van der Waals surface area contributed by atoms with Gasteiger partial charge in [0, 0.05) is 32.0 Å². The molecule has 6 heteroatoms. The van der Waals surface area contributed by atoms with E-state index in [4.69, 9.17) is 17.3 Å². The highest BCUT2D eigenvalue weighted by Gasteiger charge is 2.22. The van der Waals surface area contributed by atoms with Crippen molar-refractivity contribution in [3.63, 3.8) is 0 Å². The molecule has 19 heavy (non-hydrogen) atoms. The minimum atomic E-state index is -0.926. The molecule has 2 heterocycles. The number of nitrogens with zero attached hydrogens (tertiary/aromatic N) is 2. The van der Waals surface area contributed by atoms with Crippen molar-refractivity contribution in [1.82, 2.24) is 15.2 Å².